The van der Waals surface area contributed by atoms with Crippen molar-refractivity contribution in [2.24, 2.45) is 5.73 Å². The van der Waals surface area contributed by atoms with Gasteiger partial charge in [0.1, 0.15) is 0 Å². The summed E-state index contributed by atoms with van der Waals surface area (Å²) < 4.78 is 4.81. The van der Waals surface area contributed by atoms with Gasteiger partial charge in [-0.3, -0.25) is 4.79 Å². The van der Waals surface area contributed by atoms with Crippen molar-refractivity contribution in [1.29, 1.82) is 0 Å². The predicted molar refractivity (Wildman–Crippen MR) is 56.5 cm³/mol. The maximum atomic E-state index is 11.2. The van der Waals surface area contributed by atoms with Gasteiger partial charge in [-0.05, 0) is 6.92 Å². The molecule has 0 spiro atoms. The highest BCUT2D eigenvalue weighted by Gasteiger charge is 2.14. The monoisotopic (exact) mass is 244 g/mol. The van der Waals surface area contributed by atoms with E-state index >= 15 is 0 Å². The molecule has 1 aromatic rings. The highest BCUT2D eigenvalue weighted by Crippen LogP contribution is 2.05. The Labute approximate surface area is 97.8 Å². The molecule has 8 nitrogen and oxygen atoms in total. The minimum atomic E-state index is -0.698. The first-order valence-electron chi connectivity index (χ1n) is 5.16. The Morgan fingerprint density at radius 2 is 2.35 bits per heavy atom. The van der Waals surface area contributed by atoms with E-state index in [-0.39, 0.29) is 37.2 Å². The van der Waals surface area contributed by atoms with Crippen LogP contribution in [0.1, 0.15) is 31.1 Å². The second-order valence-electron chi connectivity index (χ2n) is 3.67. The summed E-state index contributed by atoms with van der Waals surface area (Å²) in [5, 5.41) is 23.8. The molecule has 1 aromatic heterocycles. The molecular weight excluding hydrogens is 228 g/mol. The van der Waals surface area contributed by atoms with E-state index < -0.39 is 12.1 Å². The highest BCUT2D eigenvalue weighted by atomic mass is 16.5. The molecule has 8 heteroatoms. The Bertz CT molecular complexity index is 366. The number of aromatic nitrogens is 2. The molecular formula is C9H16N4O4. The number of rotatable bonds is 6. The Balaban J connectivity index is 2.42. The van der Waals surface area contributed by atoms with E-state index in [1.165, 1.54) is 6.92 Å². The summed E-state index contributed by atoms with van der Waals surface area (Å²) >= 11 is 0. The SMILES string of the molecule is C[C@@H](O)CC(=O)NCc1nc([C@@H](N)CO)no1. The van der Waals surface area contributed by atoms with Gasteiger partial charge < -0.3 is 25.8 Å². The van der Waals surface area contributed by atoms with Gasteiger partial charge in [-0.1, -0.05) is 5.16 Å². The molecule has 2 atom stereocenters. The van der Waals surface area contributed by atoms with Crippen LogP contribution in [0.5, 0.6) is 0 Å². The molecule has 5 N–H and O–H groups in total. The van der Waals surface area contributed by atoms with E-state index in [1.807, 2.05) is 0 Å². The van der Waals surface area contributed by atoms with Crippen molar-refractivity contribution in [3.63, 3.8) is 0 Å². The van der Waals surface area contributed by atoms with E-state index in [9.17, 15) is 4.79 Å². The third kappa shape index (κ3) is 4.47. The lowest BCUT2D eigenvalue weighted by Gasteiger charge is -2.03. The number of aliphatic hydroxyl groups is 2. The van der Waals surface area contributed by atoms with Crippen LogP contribution in [0.4, 0.5) is 0 Å². The Morgan fingerprint density at radius 3 is 2.94 bits per heavy atom. The third-order valence-electron chi connectivity index (χ3n) is 1.93. The normalized spacial score (nSPS) is 14.4. The number of nitrogens with one attached hydrogen (secondary N) is 1. The molecule has 0 radical (unpaired) electrons. The molecule has 0 fully saturated rings. The average molecular weight is 244 g/mol. The van der Waals surface area contributed by atoms with Crippen molar-refractivity contribution in [1.82, 2.24) is 15.5 Å². The van der Waals surface area contributed by atoms with E-state index in [4.69, 9.17) is 20.5 Å². The average Bonchev–Trinajstić information content (AvgIpc) is 2.73. The summed E-state index contributed by atoms with van der Waals surface area (Å²) in [6.07, 6.45) is -0.687. The van der Waals surface area contributed by atoms with Gasteiger partial charge in [0.05, 0.1) is 31.7 Å². The van der Waals surface area contributed by atoms with Gasteiger partial charge in [0.2, 0.25) is 11.8 Å². The van der Waals surface area contributed by atoms with Crippen molar-refractivity contribution in [3.8, 4) is 0 Å². The van der Waals surface area contributed by atoms with Crippen LogP contribution in [0.3, 0.4) is 0 Å². The second-order valence-corrected chi connectivity index (χ2v) is 3.67. The lowest BCUT2D eigenvalue weighted by molar-refractivity contribution is -0.123. The number of hydrogen-bond donors (Lipinski definition) is 4. The molecule has 0 aliphatic rings. The lowest BCUT2D eigenvalue weighted by Crippen LogP contribution is -2.26. The fraction of sp³-hybridized carbons (Fsp3) is 0.667. The number of hydrogen-bond acceptors (Lipinski definition) is 7. The zero-order valence-electron chi connectivity index (χ0n) is 9.46. The molecule has 0 aromatic carbocycles. The van der Waals surface area contributed by atoms with Crippen LogP contribution in [-0.4, -0.2) is 39.0 Å². The van der Waals surface area contributed by atoms with Crippen LogP contribution in [0.2, 0.25) is 0 Å². The van der Waals surface area contributed by atoms with Gasteiger partial charge in [0, 0.05) is 0 Å². The molecule has 17 heavy (non-hydrogen) atoms. The first-order valence-corrected chi connectivity index (χ1v) is 5.16. The quantitative estimate of drug-likeness (QED) is 0.475. The topological polar surface area (TPSA) is 134 Å². The second kappa shape index (κ2) is 6.28. The minimum absolute atomic E-state index is 0.0111. The summed E-state index contributed by atoms with van der Waals surface area (Å²) in [6.45, 7) is 1.30. The number of aliphatic hydroxyl groups excluding tert-OH is 2. The van der Waals surface area contributed by atoms with Gasteiger partial charge in [0.15, 0.2) is 5.82 Å². The zero-order chi connectivity index (χ0) is 12.8. The van der Waals surface area contributed by atoms with E-state index in [2.05, 4.69) is 15.5 Å². The summed E-state index contributed by atoms with van der Waals surface area (Å²) in [5.74, 6) is 0.0707. The molecule has 1 heterocycles. The van der Waals surface area contributed by atoms with Crippen molar-refractivity contribution < 1.29 is 19.5 Å². The Hall–Kier alpha value is -1.51. The van der Waals surface area contributed by atoms with Crippen LogP contribution in [0.15, 0.2) is 4.52 Å². The molecule has 0 bridgehead atoms. The van der Waals surface area contributed by atoms with Gasteiger partial charge in [-0.15, -0.1) is 0 Å². The smallest absolute Gasteiger partial charge is 0.246 e. The Morgan fingerprint density at radius 1 is 1.65 bits per heavy atom. The molecule has 0 aliphatic carbocycles. The third-order valence-corrected chi connectivity index (χ3v) is 1.93. The lowest BCUT2D eigenvalue weighted by atomic mass is 10.3. The van der Waals surface area contributed by atoms with Crippen molar-refractivity contribution in [2.75, 3.05) is 6.61 Å². The molecule has 1 amide bonds. The fourth-order valence-electron chi connectivity index (χ4n) is 1.09. The van der Waals surface area contributed by atoms with Crippen LogP contribution in [-0.2, 0) is 11.3 Å². The minimum Gasteiger partial charge on any atom is -0.394 e. The molecule has 0 unspecified atom stereocenters. The Kier molecular flexibility index (Phi) is 5.01. The standard InChI is InChI=1S/C9H16N4O4/c1-5(15)2-7(16)11-3-8-12-9(13-17-8)6(10)4-14/h5-6,14-15H,2-4,10H2,1H3,(H,11,16)/t5-,6+/m1/s1. The van der Waals surface area contributed by atoms with E-state index in [0.717, 1.165) is 0 Å². The first-order chi connectivity index (χ1) is 8.02. The molecule has 1 rings (SSSR count). The fourth-order valence-corrected chi connectivity index (χ4v) is 1.09. The number of nitrogens with zero attached hydrogens (tertiary/aromatic N) is 2. The zero-order valence-corrected chi connectivity index (χ0v) is 9.46. The predicted octanol–water partition coefficient (Wildman–Crippen LogP) is -1.55. The van der Waals surface area contributed by atoms with Gasteiger partial charge in [-0.2, -0.15) is 4.98 Å². The highest BCUT2D eigenvalue weighted by molar-refractivity contribution is 5.76. The van der Waals surface area contributed by atoms with Crippen LogP contribution in [0, 0.1) is 0 Å². The summed E-state index contributed by atoms with van der Waals surface area (Å²) in [5.41, 5.74) is 5.47. The van der Waals surface area contributed by atoms with Crippen molar-refractivity contribution in [3.05, 3.63) is 11.7 Å². The number of carbonyl (C=O) groups excluding carboxylic acids is 1. The maximum Gasteiger partial charge on any atom is 0.246 e. The van der Waals surface area contributed by atoms with Gasteiger partial charge in [-0.25, -0.2) is 0 Å². The summed E-state index contributed by atoms with van der Waals surface area (Å²) in [7, 11) is 0. The van der Waals surface area contributed by atoms with Gasteiger partial charge >= 0.3 is 0 Å². The van der Waals surface area contributed by atoms with E-state index in [1.54, 1.807) is 0 Å². The molecule has 0 saturated carbocycles. The number of amides is 1. The number of nitrogens with two attached hydrogens (primary N) is 1. The summed E-state index contributed by atoms with van der Waals surface area (Å²) in [6, 6.07) is -0.694. The van der Waals surface area contributed by atoms with Crippen molar-refractivity contribution in [2.45, 2.75) is 32.0 Å². The van der Waals surface area contributed by atoms with Crippen LogP contribution in [0.25, 0.3) is 0 Å². The first kappa shape index (κ1) is 13.6. The molecule has 0 saturated heterocycles. The van der Waals surface area contributed by atoms with E-state index in [0.29, 0.717) is 0 Å². The summed E-state index contributed by atoms with van der Waals surface area (Å²) in [4.78, 5) is 15.1. The van der Waals surface area contributed by atoms with Crippen LogP contribution >= 0.6 is 0 Å². The number of carbonyl (C=O) groups is 1. The largest absolute Gasteiger partial charge is 0.394 e. The van der Waals surface area contributed by atoms with Crippen LogP contribution < -0.4 is 11.1 Å². The molecule has 0 aliphatic heterocycles. The molecule has 96 valence electrons. The maximum absolute atomic E-state index is 11.2. The van der Waals surface area contributed by atoms with Gasteiger partial charge in [0.25, 0.3) is 0 Å². The van der Waals surface area contributed by atoms with Crippen molar-refractivity contribution >= 4 is 5.91 Å².